The lowest BCUT2D eigenvalue weighted by Crippen LogP contribution is -2.42. The molecule has 0 saturated heterocycles. The van der Waals surface area contributed by atoms with E-state index in [-0.39, 0.29) is 17.2 Å². The van der Waals surface area contributed by atoms with Gasteiger partial charge >= 0.3 is 0 Å². The normalized spacial score (nSPS) is 19.1. The van der Waals surface area contributed by atoms with Crippen LogP contribution in [0.1, 0.15) is 46.7 Å². The molecule has 3 aromatic rings. The Morgan fingerprint density at radius 2 is 1.95 bits per heavy atom. The number of benzene rings is 1. The summed E-state index contributed by atoms with van der Waals surface area (Å²) in [5.74, 6) is 0.574. The van der Waals surface area contributed by atoms with Gasteiger partial charge in [0.25, 0.3) is 5.91 Å². The van der Waals surface area contributed by atoms with E-state index in [0.717, 1.165) is 36.2 Å². The van der Waals surface area contributed by atoms with Crippen LogP contribution in [0, 0.1) is 12.3 Å². The first-order valence-corrected chi connectivity index (χ1v) is 14.0. The van der Waals surface area contributed by atoms with Gasteiger partial charge in [0.2, 0.25) is 5.91 Å². The van der Waals surface area contributed by atoms with Crippen LogP contribution in [0.3, 0.4) is 0 Å². The predicted octanol–water partition coefficient (Wildman–Crippen LogP) is 4.17. The predicted molar refractivity (Wildman–Crippen MR) is 164 cm³/mol. The number of hydrogen-bond acceptors (Lipinski definition) is 7. The van der Waals surface area contributed by atoms with Gasteiger partial charge in [-0.1, -0.05) is 26.5 Å². The molecule has 3 aliphatic rings. The lowest BCUT2D eigenvalue weighted by atomic mass is 9.90. The standard InChI is InChI=1S/C32H35N7O3/c1-6-27(40)34-21-8-7-9-22(15-21)35-28-31(42)37(5)18-24(36-28)23-10-11-33-29(19(23)2)39-13-12-38-25(30(39)41)14-20-16-32(3,4)17-26(20)38/h6-11,14-15,18,31,42H,1,12-13,16-17H2,2-5H3,(H,34,40)(H,35,36). The summed E-state index contributed by atoms with van der Waals surface area (Å²) >= 11 is 0. The van der Waals surface area contributed by atoms with Crippen molar-refractivity contribution in [2.24, 2.45) is 10.4 Å². The lowest BCUT2D eigenvalue weighted by Gasteiger charge is -2.31. The van der Waals surface area contributed by atoms with Gasteiger partial charge in [-0.05, 0) is 67.2 Å². The summed E-state index contributed by atoms with van der Waals surface area (Å²) in [4.78, 5) is 38.3. The minimum atomic E-state index is -1.01. The van der Waals surface area contributed by atoms with Crippen molar-refractivity contribution in [1.29, 1.82) is 0 Å². The fraction of sp³-hybridized carbons (Fsp3) is 0.312. The number of rotatable bonds is 5. The highest BCUT2D eigenvalue weighted by Gasteiger charge is 2.37. The Bertz CT molecular complexity index is 1680. The van der Waals surface area contributed by atoms with Gasteiger partial charge in [0.15, 0.2) is 12.1 Å². The molecule has 4 heterocycles. The van der Waals surface area contributed by atoms with Crippen LogP contribution in [0.4, 0.5) is 17.2 Å². The second-order valence-electron chi connectivity index (χ2n) is 11.9. The number of amides is 2. The third-order valence-electron chi connectivity index (χ3n) is 8.12. The summed E-state index contributed by atoms with van der Waals surface area (Å²) in [5.41, 5.74) is 7.01. The van der Waals surface area contributed by atoms with Crippen molar-refractivity contribution in [2.45, 2.75) is 46.4 Å². The first-order valence-electron chi connectivity index (χ1n) is 14.0. The second-order valence-corrected chi connectivity index (χ2v) is 11.9. The molecule has 1 atom stereocenters. The molecule has 3 N–H and O–H groups in total. The van der Waals surface area contributed by atoms with Gasteiger partial charge in [0.05, 0.1) is 5.70 Å². The van der Waals surface area contributed by atoms with Crippen LogP contribution < -0.4 is 15.5 Å². The van der Waals surface area contributed by atoms with Crippen LogP contribution >= 0.6 is 0 Å². The van der Waals surface area contributed by atoms with Crippen molar-refractivity contribution in [3.05, 3.63) is 89.5 Å². The number of hydrogen-bond donors (Lipinski definition) is 3. The van der Waals surface area contributed by atoms with Crippen LogP contribution in [0.5, 0.6) is 0 Å². The molecule has 216 valence electrons. The van der Waals surface area contributed by atoms with E-state index in [2.05, 4.69) is 46.7 Å². The summed E-state index contributed by atoms with van der Waals surface area (Å²) in [6, 6.07) is 11.1. The van der Waals surface area contributed by atoms with E-state index in [1.54, 1.807) is 47.4 Å². The minimum Gasteiger partial charge on any atom is -0.367 e. The molecule has 0 saturated carbocycles. The molecular formula is C32H35N7O3. The average Bonchev–Trinajstić information content (AvgIpc) is 3.44. The maximum atomic E-state index is 13.7. The van der Waals surface area contributed by atoms with E-state index in [9.17, 15) is 14.7 Å². The zero-order valence-electron chi connectivity index (χ0n) is 24.3. The van der Waals surface area contributed by atoms with Gasteiger partial charge in [-0.3, -0.25) is 14.5 Å². The number of fused-ring (bicyclic) bond motifs is 3. The van der Waals surface area contributed by atoms with Gasteiger partial charge in [-0.15, -0.1) is 0 Å². The molecule has 0 bridgehead atoms. The Balaban J connectivity index is 1.28. The van der Waals surface area contributed by atoms with E-state index in [1.807, 2.05) is 19.1 Å². The molecule has 6 rings (SSSR count). The molecule has 42 heavy (non-hydrogen) atoms. The van der Waals surface area contributed by atoms with E-state index < -0.39 is 6.23 Å². The molecule has 10 heteroatoms. The summed E-state index contributed by atoms with van der Waals surface area (Å²) in [7, 11) is 1.77. The third kappa shape index (κ3) is 4.87. The molecule has 0 radical (unpaired) electrons. The Kier molecular flexibility index (Phi) is 6.73. The fourth-order valence-corrected chi connectivity index (χ4v) is 6.10. The first kappa shape index (κ1) is 27.5. The maximum Gasteiger partial charge on any atom is 0.276 e. The van der Waals surface area contributed by atoms with Crippen LogP contribution in [-0.2, 0) is 24.2 Å². The zero-order chi connectivity index (χ0) is 29.8. The fourth-order valence-electron chi connectivity index (χ4n) is 6.10. The number of carbonyl (C=O) groups is 2. The summed E-state index contributed by atoms with van der Waals surface area (Å²) in [6.45, 7) is 11.2. The summed E-state index contributed by atoms with van der Waals surface area (Å²) in [5, 5.41) is 16.8. The van der Waals surface area contributed by atoms with Crippen LogP contribution in [0.15, 0.2) is 66.4 Å². The molecule has 0 spiro atoms. The monoisotopic (exact) mass is 565 g/mol. The number of amidine groups is 1. The first-order chi connectivity index (χ1) is 20.0. The number of anilines is 3. The molecule has 0 fully saturated rings. The molecule has 10 nitrogen and oxygen atoms in total. The lowest BCUT2D eigenvalue weighted by molar-refractivity contribution is -0.111. The number of nitrogens with one attached hydrogen (secondary N) is 2. The highest BCUT2D eigenvalue weighted by Crippen LogP contribution is 2.40. The number of aliphatic hydroxyl groups excluding tert-OH is 1. The number of carbonyl (C=O) groups excluding carboxylic acids is 2. The van der Waals surface area contributed by atoms with Gasteiger partial charge in [-0.2, -0.15) is 0 Å². The van der Waals surface area contributed by atoms with Crippen LogP contribution in [0.25, 0.3) is 5.70 Å². The molecule has 2 amide bonds. The number of aliphatic hydroxyl groups is 1. The highest BCUT2D eigenvalue weighted by atomic mass is 16.3. The average molecular weight is 566 g/mol. The maximum absolute atomic E-state index is 13.7. The van der Waals surface area contributed by atoms with Crippen molar-refractivity contribution < 1.29 is 14.7 Å². The molecular weight excluding hydrogens is 530 g/mol. The summed E-state index contributed by atoms with van der Waals surface area (Å²) in [6.07, 6.45) is 5.63. The number of aromatic nitrogens is 2. The topological polar surface area (TPSA) is 115 Å². The Labute approximate surface area is 245 Å². The second kappa shape index (κ2) is 10.3. The Hall–Kier alpha value is -4.70. The largest absolute Gasteiger partial charge is 0.367 e. The van der Waals surface area contributed by atoms with Crippen molar-refractivity contribution in [3.63, 3.8) is 0 Å². The molecule has 1 aliphatic carbocycles. The van der Waals surface area contributed by atoms with Gasteiger partial charge in [0.1, 0.15) is 11.5 Å². The van der Waals surface area contributed by atoms with Crippen molar-refractivity contribution >= 4 is 40.5 Å². The van der Waals surface area contributed by atoms with E-state index in [1.165, 1.54) is 17.3 Å². The quantitative estimate of drug-likeness (QED) is 0.400. The van der Waals surface area contributed by atoms with Gasteiger partial charge in [-0.25, -0.2) is 9.98 Å². The van der Waals surface area contributed by atoms with Gasteiger partial charge < -0.3 is 25.2 Å². The van der Waals surface area contributed by atoms with Crippen LogP contribution in [-0.4, -0.2) is 57.0 Å². The van der Waals surface area contributed by atoms with E-state index >= 15 is 0 Å². The Morgan fingerprint density at radius 1 is 1.17 bits per heavy atom. The number of aliphatic imine (C=N–C) groups is 1. The summed E-state index contributed by atoms with van der Waals surface area (Å²) < 4.78 is 2.20. The minimum absolute atomic E-state index is 0.0411. The number of nitrogens with zero attached hydrogens (tertiary/aromatic N) is 5. The van der Waals surface area contributed by atoms with E-state index in [0.29, 0.717) is 35.3 Å². The van der Waals surface area contributed by atoms with Crippen molar-refractivity contribution in [3.8, 4) is 0 Å². The molecule has 2 aromatic heterocycles. The third-order valence-corrected chi connectivity index (χ3v) is 8.12. The SMILES string of the molecule is C=CC(=O)Nc1cccc(NC2=NC(c3ccnc(N4CCn5c(cc6c5CC(C)(C)C6)C4=O)c3C)=CN(C)C2O)c1. The molecule has 2 aliphatic heterocycles. The van der Waals surface area contributed by atoms with Crippen molar-refractivity contribution in [1.82, 2.24) is 14.5 Å². The highest BCUT2D eigenvalue weighted by molar-refractivity contribution is 6.07. The number of likely N-dealkylation sites (N-methyl/N-ethyl adjacent to an activating group) is 1. The smallest absolute Gasteiger partial charge is 0.276 e. The van der Waals surface area contributed by atoms with Gasteiger partial charge in [0, 0.05) is 60.7 Å². The number of pyridine rings is 1. The molecule has 1 aromatic carbocycles. The zero-order valence-corrected chi connectivity index (χ0v) is 24.3. The van der Waals surface area contributed by atoms with Crippen molar-refractivity contribution in [2.75, 3.05) is 29.1 Å². The Morgan fingerprint density at radius 3 is 2.74 bits per heavy atom. The molecule has 1 unspecified atom stereocenters. The van der Waals surface area contributed by atoms with Crippen LogP contribution in [0.2, 0.25) is 0 Å². The van der Waals surface area contributed by atoms with E-state index in [4.69, 9.17) is 4.99 Å².